The number of hydrogen-bond acceptors (Lipinski definition) is 3. The lowest BCUT2D eigenvalue weighted by Crippen LogP contribution is -2.60. The molecule has 1 heterocycles. The molecule has 0 unspecified atom stereocenters. The predicted octanol–water partition coefficient (Wildman–Crippen LogP) is 3.82. The van der Waals surface area contributed by atoms with Gasteiger partial charge in [0.1, 0.15) is 0 Å². The second-order valence-electron chi connectivity index (χ2n) is 7.62. The van der Waals surface area contributed by atoms with Gasteiger partial charge in [-0.25, -0.2) is 9.64 Å². The van der Waals surface area contributed by atoms with Gasteiger partial charge in [0.25, 0.3) is 5.91 Å². The van der Waals surface area contributed by atoms with E-state index in [1.165, 1.54) is 6.07 Å². The van der Waals surface area contributed by atoms with E-state index in [0.29, 0.717) is 16.9 Å². The minimum Gasteiger partial charge on any atom is -0.462 e. The SMILES string of the molecule is [C-]#[N+]c1cc(C)c(NC(=O)C2([N+]3(CC)CCCC3)CC2)c(C(=O)OCC)c1. The van der Waals surface area contributed by atoms with E-state index in [0.717, 1.165) is 49.8 Å². The maximum atomic E-state index is 13.3. The summed E-state index contributed by atoms with van der Waals surface area (Å²) in [7, 11) is 0. The molecule has 144 valence electrons. The molecule has 1 N–H and O–H groups in total. The van der Waals surface area contributed by atoms with Gasteiger partial charge in [0, 0.05) is 25.7 Å². The standard InChI is InChI=1S/C21H27N3O3/c1-5-24(11-7-8-12-24)21(9-10-21)20(26)23-18-15(3)13-16(22-4)14-17(18)19(25)27-6-2/h13-14H,5-12H2,1-3H3/p+1. The third-order valence-corrected chi connectivity index (χ3v) is 6.27. The molecule has 3 rings (SSSR count). The first-order valence-corrected chi connectivity index (χ1v) is 9.80. The molecule has 2 aliphatic rings. The molecule has 1 aromatic rings. The number of ether oxygens (including phenoxy) is 1. The van der Waals surface area contributed by atoms with Crippen molar-refractivity contribution in [1.82, 2.24) is 0 Å². The number of nitrogens with zero attached hydrogens (tertiary/aromatic N) is 2. The predicted molar refractivity (Wildman–Crippen MR) is 104 cm³/mol. The molecule has 1 saturated carbocycles. The largest absolute Gasteiger partial charge is 0.462 e. The van der Waals surface area contributed by atoms with E-state index in [1.54, 1.807) is 13.0 Å². The average Bonchev–Trinajstić information content (AvgIpc) is 3.34. The van der Waals surface area contributed by atoms with Gasteiger partial charge in [-0.1, -0.05) is 6.07 Å². The summed E-state index contributed by atoms with van der Waals surface area (Å²) >= 11 is 0. The van der Waals surface area contributed by atoms with Crippen LogP contribution in [0.3, 0.4) is 0 Å². The highest BCUT2D eigenvalue weighted by Crippen LogP contribution is 2.50. The monoisotopic (exact) mass is 370 g/mol. The van der Waals surface area contributed by atoms with E-state index < -0.39 is 5.97 Å². The Morgan fingerprint density at radius 2 is 1.93 bits per heavy atom. The van der Waals surface area contributed by atoms with Gasteiger partial charge in [-0.05, 0) is 32.4 Å². The average molecular weight is 370 g/mol. The van der Waals surface area contributed by atoms with Gasteiger partial charge in [-0.2, -0.15) is 0 Å². The van der Waals surface area contributed by atoms with Crippen molar-refractivity contribution in [1.29, 1.82) is 0 Å². The van der Waals surface area contributed by atoms with Crippen LogP contribution in [0.25, 0.3) is 4.85 Å². The highest BCUT2D eigenvalue weighted by molar-refractivity contribution is 6.06. The first-order chi connectivity index (χ1) is 12.9. The molecule has 1 aliphatic carbocycles. The number of aryl methyl sites for hydroxylation is 1. The number of amides is 1. The minimum atomic E-state index is -0.508. The molecule has 1 amide bonds. The maximum Gasteiger partial charge on any atom is 0.338 e. The molecule has 1 aromatic carbocycles. The van der Waals surface area contributed by atoms with Crippen LogP contribution in [0.5, 0.6) is 0 Å². The molecule has 2 fully saturated rings. The van der Waals surface area contributed by atoms with Gasteiger partial charge in [-0.15, -0.1) is 0 Å². The number of carbonyl (C=O) groups excluding carboxylic acids is 2. The molecule has 6 heteroatoms. The number of esters is 1. The topological polar surface area (TPSA) is 59.8 Å². The number of benzene rings is 1. The van der Waals surface area contributed by atoms with E-state index in [4.69, 9.17) is 11.3 Å². The Morgan fingerprint density at radius 3 is 2.44 bits per heavy atom. The van der Waals surface area contributed by atoms with Gasteiger partial charge < -0.3 is 14.5 Å². The lowest BCUT2D eigenvalue weighted by atomic mass is 10.0. The minimum absolute atomic E-state index is 0.00420. The number of anilines is 1. The Hall–Kier alpha value is -2.39. The lowest BCUT2D eigenvalue weighted by Gasteiger charge is -2.40. The Kier molecular flexibility index (Phi) is 5.25. The highest BCUT2D eigenvalue weighted by atomic mass is 16.5. The van der Waals surface area contributed by atoms with Gasteiger partial charge in [-0.3, -0.25) is 4.79 Å². The van der Waals surface area contributed by atoms with Crippen LogP contribution in [0.1, 0.15) is 55.5 Å². The summed E-state index contributed by atoms with van der Waals surface area (Å²) in [6, 6.07) is 3.21. The summed E-state index contributed by atoms with van der Waals surface area (Å²) in [4.78, 5) is 29.2. The molecule has 27 heavy (non-hydrogen) atoms. The quantitative estimate of drug-likeness (QED) is 0.470. The van der Waals surface area contributed by atoms with Crippen molar-refractivity contribution in [2.75, 3.05) is 31.6 Å². The first-order valence-electron chi connectivity index (χ1n) is 9.80. The van der Waals surface area contributed by atoms with E-state index in [9.17, 15) is 9.59 Å². The lowest BCUT2D eigenvalue weighted by molar-refractivity contribution is -0.940. The smallest absolute Gasteiger partial charge is 0.338 e. The van der Waals surface area contributed by atoms with Gasteiger partial charge >= 0.3 is 5.97 Å². The number of hydrogen-bond donors (Lipinski definition) is 1. The third-order valence-electron chi connectivity index (χ3n) is 6.27. The second-order valence-corrected chi connectivity index (χ2v) is 7.62. The fourth-order valence-electron chi connectivity index (χ4n) is 4.62. The first kappa shape index (κ1) is 19.4. The second kappa shape index (κ2) is 7.32. The number of carbonyl (C=O) groups is 2. The molecule has 6 nitrogen and oxygen atoms in total. The number of likely N-dealkylation sites (N-methyl/N-ethyl adjacent to an activating group) is 1. The van der Waals surface area contributed by atoms with Crippen LogP contribution in [0.4, 0.5) is 11.4 Å². The Balaban J connectivity index is 1.94. The summed E-state index contributed by atoms with van der Waals surface area (Å²) < 4.78 is 6.00. The summed E-state index contributed by atoms with van der Waals surface area (Å²) in [5.74, 6) is -0.512. The molecule has 0 atom stereocenters. The van der Waals surface area contributed by atoms with Gasteiger partial charge in [0.2, 0.25) is 0 Å². The van der Waals surface area contributed by atoms with Crippen molar-refractivity contribution in [2.45, 2.75) is 52.0 Å². The summed E-state index contributed by atoms with van der Waals surface area (Å²) in [6.45, 7) is 16.3. The zero-order valence-corrected chi connectivity index (χ0v) is 16.4. The maximum absolute atomic E-state index is 13.3. The Morgan fingerprint density at radius 1 is 1.26 bits per heavy atom. The molecule has 1 saturated heterocycles. The summed E-state index contributed by atoms with van der Waals surface area (Å²) in [5, 5.41) is 3.05. The van der Waals surface area contributed by atoms with Crippen LogP contribution in [-0.4, -0.2) is 48.1 Å². The Bertz CT molecular complexity index is 800. The summed E-state index contributed by atoms with van der Waals surface area (Å²) in [6.07, 6.45) is 4.10. The van der Waals surface area contributed by atoms with Crippen molar-refractivity contribution in [3.63, 3.8) is 0 Å². The van der Waals surface area contributed by atoms with Crippen LogP contribution in [0, 0.1) is 13.5 Å². The van der Waals surface area contributed by atoms with Crippen molar-refractivity contribution < 1.29 is 18.8 Å². The van der Waals surface area contributed by atoms with Crippen molar-refractivity contribution in [3.8, 4) is 0 Å². The molecular formula is C21H28N3O3+. The number of quaternary nitrogens is 1. The normalized spacial score (nSPS) is 19.2. The molecule has 0 bridgehead atoms. The van der Waals surface area contributed by atoms with Crippen LogP contribution in [0.2, 0.25) is 0 Å². The van der Waals surface area contributed by atoms with Crippen LogP contribution >= 0.6 is 0 Å². The van der Waals surface area contributed by atoms with E-state index in [2.05, 4.69) is 17.1 Å². The molecular weight excluding hydrogens is 342 g/mol. The zero-order valence-electron chi connectivity index (χ0n) is 16.4. The molecule has 0 radical (unpaired) electrons. The number of nitrogens with one attached hydrogen (secondary N) is 1. The van der Waals surface area contributed by atoms with Gasteiger partial charge in [0.05, 0.1) is 44.1 Å². The molecule has 1 aliphatic heterocycles. The molecule has 0 spiro atoms. The van der Waals surface area contributed by atoms with Gasteiger partial charge in [0.15, 0.2) is 11.2 Å². The van der Waals surface area contributed by atoms with Crippen LogP contribution in [0.15, 0.2) is 12.1 Å². The van der Waals surface area contributed by atoms with E-state index in [-0.39, 0.29) is 23.6 Å². The fraction of sp³-hybridized carbons (Fsp3) is 0.571. The molecule has 0 aromatic heterocycles. The third kappa shape index (κ3) is 3.21. The highest BCUT2D eigenvalue weighted by Gasteiger charge is 2.65. The number of likely N-dealkylation sites (tertiary alicyclic amines) is 1. The van der Waals surface area contributed by atoms with Crippen LogP contribution < -0.4 is 5.32 Å². The zero-order chi connectivity index (χ0) is 19.7. The van der Waals surface area contributed by atoms with Crippen molar-refractivity contribution >= 4 is 23.3 Å². The Labute approximate surface area is 160 Å². The van der Waals surface area contributed by atoms with E-state index >= 15 is 0 Å². The van der Waals surface area contributed by atoms with Crippen molar-refractivity contribution in [2.24, 2.45) is 0 Å². The summed E-state index contributed by atoms with van der Waals surface area (Å²) in [5.41, 5.74) is 1.44. The fourth-order valence-corrected chi connectivity index (χ4v) is 4.62. The number of rotatable bonds is 6. The van der Waals surface area contributed by atoms with Crippen molar-refractivity contribution in [3.05, 3.63) is 34.7 Å². The van der Waals surface area contributed by atoms with Crippen LogP contribution in [-0.2, 0) is 9.53 Å². The van der Waals surface area contributed by atoms with E-state index in [1.807, 2.05) is 6.92 Å².